The van der Waals surface area contributed by atoms with Crippen molar-refractivity contribution in [2.24, 2.45) is 5.92 Å². The molecule has 1 aromatic carbocycles. The molecule has 2 atom stereocenters. The van der Waals surface area contributed by atoms with Gasteiger partial charge in [0.25, 0.3) is 0 Å². The van der Waals surface area contributed by atoms with Crippen molar-refractivity contribution in [2.75, 3.05) is 18.2 Å². The van der Waals surface area contributed by atoms with Crippen molar-refractivity contribution in [3.05, 3.63) is 63.8 Å². The number of ether oxygens (including phenoxy) is 2. The topological polar surface area (TPSA) is 95.3 Å². The van der Waals surface area contributed by atoms with Gasteiger partial charge in [0.1, 0.15) is 10.8 Å². The van der Waals surface area contributed by atoms with E-state index < -0.39 is 5.97 Å². The lowest BCUT2D eigenvalue weighted by molar-refractivity contribution is -0.113. The Morgan fingerprint density at radius 2 is 2.11 bits per heavy atom. The van der Waals surface area contributed by atoms with Gasteiger partial charge in [-0.15, -0.1) is 28.1 Å². The molecule has 8 nitrogen and oxygen atoms in total. The fourth-order valence-electron chi connectivity index (χ4n) is 4.50. The minimum Gasteiger partial charge on any atom is -0.483 e. The Morgan fingerprint density at radius 3 is 2.82 bits per heavy atom. The first-order chi connectivity index (χ1) is 18.2. The molecular weight excluding hydrogens is 520 g/mol. The third kappa shape index (κ3) is 6.13. The van der Waals surface area contributed by atoms with Crippen LogP contribution < -0.4 is 10.1 Å². The van der Waals surface area contributed by atoms with Gasteiger partial charge < -0.3 is 14.8 Å². The summed E-state index contributed by atoms with van der Waals surface area (Å²) in [5, 5.41) is 12.8. The fourth-order valence-corrected chi connectivity index (χ4v) is 6.67. The Bertz CT molecular complexity index is 1350. The number of fused-ring (bicyclic) bond motifs is 1. The molecule has 2 unspecified atom stereocenters. The van der Waals surface area contributed by atoms with Gasteiger partial charge in [0.2, 0.25) is 5.91 Å². The van der Waals surface area contributed by atoms with Crippen molar-refractivity contribution in [3.63, 3.8) is 0 Å². The number of thioether (sulfide) groups is 1. The fraction of sp³-hybridized carbons (Fsp3) is 0.429. The van der Waals surface area contributed by atoms with E-state index in [2.05, 4.69) is 35.9 Å². The molecule has 202 valence electrons. The number of benzene rings is 1. The highest BCUT2D eigenvalue weighted by Gasteiger charge is 2.29. The van der Waals surface area contributed by atoms with Crippen LogP contribution in [0.5, 0.6) is 5.75 Å². The number of nitrogens with zero attached hydrogens (tertiary/aromatic N) is 3. The normalized spacial score (nSPS) is 15.4. The van der Waals surface area contributed by atoms with Gasteiger partial charge in [-0.05, 0) is 74.8 Å². The van der Waals surface area contributed by atoms with E-state index in [0.717, 1.165) is 41.0 Å². The lowest BCUT2D eigenvalue weighted by atomic mass is 9.88. The lowest BCUT2D eigenvalue weighted by Crippen LogP contribution is -2.17. The van der Waals surface area contributed by atoms with Crippen LogP contribution in [0.3, 0.4) is 0 Å². The monoisotopic (exact) mass is 554 g/mol. The van der Waals surface area contributed by atoms with Gasteiger partial charge in [-0.1, -0.05) is 30.8 Å². The summed E-state index contributed by atoms with van der Waals surface area (Å²) in [6, 6.07) is 5.98. The van der Waals surface area contributed by atoms with Crippen LogP contribution in [0.15, 0.2) is 36.0 Å². The molecule has 2 heterocycles. The molecule has 1 N–H and O–H groups in total. The van der Waals surface area contributed by atoms with Gasteiger partial charge in [0.05, 0.1) is 18.4 Å². The van der Waals surface area contributed by atoms with Crippen molar-refractivity contribution in [2.45, 2.75) is 64.8 Å². The second-order valence-electron chi connectivity index (χ2n) is 9.63. The molecule has 0 fully saturated rings. The van der Waals surface area contributed by atoms with E-state index in [1.54, 1.807) is 6.08 Å². The molecule has 0 saturated carbocycles. The Morgan fingerprint density at radius 1 is 1.32 bits per heavy atom. The van der Waals surface area contributed by atoms with E-state index in [1.807, 2.05) is 36.6 Å². The zero-order chi connectivity index (χ0) is 27.4. The third-order valence-corrected chi connectivity index (χ3v) is 8.84. The van der Waals surface area contributed by atoms with Gasteiger partial charge >= 0.3 is 5.97 Å². The van der Waals surface area contributed by atoms with Crippen LogP contribution in [-0.2, 0) is 28.9 Å². The summed E-state index contributed by atoms with van der Waals surface area (Å²) in [5.74, 6) is 1.45. The Balaban J connectivity index is 1.46. The highest BCUT2D eigenvalue weighted by molar-refractivity contribution is 7.99. The van der Waals surface area contributed by atoms with Gasteiger partial charge in [-0.25, -0.2) is 4.79 Å². The number of hydrogen-bond donors (Lipinski definition) is 1. The van der Waals surface area contributed by atoms with E-state index in [4.69, 9.17) is 9.47 Å². The predicted molar refractivity (Wildman–Crippen MR) is 151 cm³/mol. The maximum Gasteiger partial charge on any atom is 0.341 e. The number of aryl methyl sites for hydroxylation is 2. The van der Waals surface area contributed by atoms with E-state index in [-0.39, 0.29) is 17.8 Å². The molecule has 0 saturated heterocycles. The van der Waals surface area contributed by atoms with Crippen LogP contribution >= 0.6 is 23.1 Å². The second-order valence-corrected chi connectivity index (χ2v) is 11.7. The molecule has 1 aliphatic carbocycles. The minimum absolute atomic E-state index is 0.112. The van der Waals surface area contributed by atoms with Gasteiger partial charge in [0.15, 0.2) is 17.1 Å². The summed E-state index contributed by atoms with van der Waals surface area (Å²) >= 11 is 2.76. The van der Waals surface area contributed by atoms with E-state index in [0.29, 0.717) is 34.0 Å². The maximum absolute atomic E-state index is 13.0. The molecule has 10 heteroatoms. The number of rotatable bonds is 10. The van der Waals surface area contributed by atoms with Crippen molar-refractivity contribution < 1.29 is 19.1 Å². The van der Waals surface area contributed by atoms with Crippen molar-refractivity contribution in [1.29, 1.82) is 0 Å². The van der Waals surface area contributed by atoms with Crippen LogP contribution in [0.25, 0.3) is 0 Å². The summed E-state index contributed by atoms with van der Waals surface area (Å²) < 4.78 is 13.1. The first-order valence-electron chi connectivity index (χ1n) is 12.6. The molecule has 3 aromatic rings. The van der Waals surface area contributed by atoms with Crippen molar-refractivity contribution in [1.82, 2.24) is 14.8 Å². The molecule has 4 rings (SSSR count). The minimum atomic E-state index is -0.409. The van der Waals surface area contributed by atoms with Gasteiger partial charge in [0, 0.05) is 11.4 Å². The van der Waals surface area contributed by atoms with Crippen LogP contribution in [-0.4, -0.2) is 39.5 Å². The number of aromatic nitrogens is 3. The summed E-state index contributed by atoms with van der Waals surface area (Å²) in [6.45, 7) is 12.6. The summed E-state index contributed by atoms with van der Waals surface area (Å²) in [6.07, 6.45) is 4.15. The molecule has 0 spiro atoms. The van der Waals surface area contributed by atoms with E-state index in [1.165, 1.54) is 35.8 Å². The first kappa shape index (κ1) is 27.9. The predicted octanol–water partition coefficient (Wildman–Crippen LogP) is 5.92. The molecule has 2 aromatic heterocycles. The number of carbonyl (C=O) groups is 2. The van der Waals surface area contributed by atoms with Crippen molar-refractivity contribution >= 4 is 40.0 Å². The average molecular weight is 555 g/mol. The number of carbonyl (C=O) groups excluding carboxylic acids is 2. The van der Waals surface area contributed by atoms with E-state index in [9.17, 15) is 9.59 Å². The van der Waals surface area contributed by atoms with Crippen LogP contribution in [0, 0.1) is 19.8 Å². The lowest BCUT2D eigenvalue weighted by Gasteiger charge is -2.18. The summed E-state index contributed by atoms with van der Waals surface area (Å²) in [7, 11) is 1.37. The first-order valence-corrected chi connectivity index (χ1v) is 14.4. The average Bonchev–Trinajstić information content (AvgIpc) is 3.45. The Hall–Kier alpha value is -3.11. The molecular formula is C28H34N4O4S2. The number of methoxy groups -OCH3 is 1. The smallest absolute Gasteiger partial charge is 0.341 e. The highest BCUT2D eigenvalue weighted by Crippen LogP contribution is 2.40. The van der Waals surface area contributed by atoms with Crippen molar-refractivity contribution in [3.8, 4) is 5.75 Å². The number of nitrogens with one attached hydrogen (secondary N) is 1. The zero-order valence-electron chi connectivity index (χ0n) is 22.5. The van der Waals surface area contributed by atoms with Crippen LogP contribution in [0.2, 0.25) is 0 Å². The van der Waals surface area contributed by atoms with Gasteiger partial charge in [-0.3, -0.25) is 9.36 Å². The van der Waals surface area contributed by atoms with Crippen LogP contribution in [0.4, 0.5) is 5.00 Å². The number of thiophene rings is 1. The Kier molecular flexibility index (Phi) is 8.94. The summed E-state index contributed by atoms with van der Waals surface area (Å²) in [5.41, 5.74) is 3.86. The number of anilines is 1. The molecule has 1 amide bonds. The number of hydrogen-bond acceptors (Lipinski definition) is 8. The summed E-state index contributed by atoms with van der Waals surface area (Å²) in [4.78, 5) is 26.7. The zero-order valence-corrected chi connectivity index (χ0v) is 24.1. The Labute approximate surface area is 231 Å². The molecule has 0 aliphatic heterocycles. The maximum atomic E-state index is 13.0. The SMILES string of the molecule is C=CCn1c(SCC(=O)Nc2sc3c(c2C(=O)OC)CCC(C)C3)nnc1C(C)Oc1ccc(C)c(C)c1. The number of amides is 1. The molecule has 38 heavy (non-hydrogen) atoms. The highest BCUT2D eigenvalue weighted by atomic mass is 32.2. The van der Waals surface area contributed by atoms with Gasteiger partial charge in [-0.2, -0.15) is 0 Å². The number of esters is 1. The molecule has 0 radical (unpaired) electrons. The third-order valence-electron chi connectivity index (χ3n) is 6.70. The standard InChI is InChI=1S/C28H34N4O4S2/c1-7-12-32-25(19(5)36-20-10-9-17(3)18(4)14-20)30-31-28(32)37-15-23(33)29-26-24(27(34)35-6)21-11-8-16(2)13-22(21)38-26/h7,9-10,14,16,19H,1,8,11-13,15H2,2-6H3,(H,29,33). The largest absolute Gasteiger partial charge is 0.483 e. The van der Waals surface area contributed by atoms with E-state index >= 15 is 0 Å². The van der Waals surface area contributed by atoms with Crippen LogP contribution in [0.1, 0.15) is 64.1 Å². The quantitative estimate of drug-likeness (QED) is 0.189. The number of allylic oxidation sites excluding steroid dienone is 1. The molecule has 1 aliphatic rings. The second kappa shape index (κ2) is 12.2. The molecule has 0 bridgehead atoms.